The lowest BCUT2D eigenvalue weighted by Gasteiger charge is -2.21. The second-order valence-electron chi connectivity index (χ2n) is 4.95. The van der Waals surface area contributed by atoms with Gasteiger partial charge in [-0.1, -0.05) is 36.4 Å². The highest BCUT2D eigenvalue weighted by Crippen LogP contribution is 2.27. The number of sulfonamides is 1. The van der Waals surface area contributed by atoms with Crippen LogP contribution in [-0.4, -0.2) is 24.2 Å². The fourth-order valence-corrected chi connectivity index (χ4v) is 2.65. The van der Waals surface area contributed by atoms with E-state index in [1.165, 1.54) is 0 Å². The van der Waals surface area contributed by atoms with Crippen LogP contribution in [0.15, 0.2) is 42.5 Å². The van der Waals surface area contributed by atoms with Crippen LogP contribution in [-0.2, 0) is 14.8 Å². The fourth-order valence-electron chi connectivity index (χ4n) is 1.70. The number of carboxylic acid groups (broad SMARTS) is 1. The molecule has 20 heavy (non-hydrogen) atoms. The summed E-state index contributed by atoms with van der Waals surface area (Å²) < 4.78 is 24.9. The Labute approximate surface area is 117 Å². The first-order valence-corrected chi connectivity index (χ1v) is 7.47. The molecule has 0 saturated heterocycles. The predicted octanol–water partition coefficient (Wildman–Crippen LogP) is 2.44. The summed E-state index contributed by atoms with van der Waals surface area (Å²) >= 11 is 0. The van der Waals surface area contributed by atoms with Gasteiger partial charge in [0.25, 0.3) is 0 Å². The Morgan fingerprint density at radius 1 is 1.10 bits per heavy atom. The number of benzene rings is 2. The monoisotopic (exact) mass is 293 g/mol. The van der Waals surface area contributed by atoms with E-state index in [0.29, 0.717) is 5.69 Å². The first kappa shape index (κ1) is 14.3. The average molecular weight is 293 g/mol. The second kappa shape index (κ2) is 4.79. The molecular formula is C14H15NO4S. The quantitative estimate of drug-likeness (QED) is 0.907. The molecule has 0 aliphatic rings. The molecule has 0 amide bonds. The van der Waals surface area contributed by atoms with Crippen molar-refractivity contribution in [1.82, 2.24) is 0 Å². The lowest BCUT2D eigenvalue weighted by Crippen LogP contribution is -2.44. The molecule has 0 aliphatic carbocycles. The first-order valence-electron chi connectivity index (χ1n) is 5.99. The number of carbonyl (C=O) groups is 1. The summed E-state index contributed by atoms with van der Waals surface area (Å²) in [5.74, 6) is -1.40. The third kappa shape index (κ3) is 2.34. The Morgan fingerprint density at radius 3 is 2.35 bits per heavy atom. The standard InChI is InChI=1S/C14H15NO4S/c1-14(2,13(16)17)20(18,19)15-12-9-5-7-10-6-3-4-8-11(10)12/h3-9,15H,1-2H3,(H,16,17). The van der Waals surface area contributed by atoms with Crippen LogP contribution in [0, 0.1) is 0 Å². The van der Waals surface area contributed by atoms with Crippen molar-refractivity contribution in [3.05, 3.63) is 42.5 Å². The van der Waals surface area contributed by atoms with Crippen LogP contribution in [0.3, 0.4) is 0 Å². The minimum atomic E-state index is -4.05. The maximum absolute atomic E-state index is 12.2. The van der Waals surface area contributed by atoms with Gasteiger partial charge in [0.15, 0.2) is 4.75 Å². The molecule has 5 nitrogen and oxygen atoms in total. The number of hydrogen-bond donors (Lipinski definition) is 2. The molecule has 0 spiro atoms. The van der Waals surface area contributed by atoms with Gasteiger partial charge in [0.2, 0.25) is 10.0 Å². The van der Waals surface area contributed by atoms with Crippen molar-refractivity contribution in [1.29, 1.82) is 0 Å². The molecule has 0 heterocycles. The van der Waals surface area contributed by atoms with E-state index >= 15 is 0 Å². The van der Waals surface area contributed by atoms with Gasteiger partial charge in [-0.25, -0.2) is 8.42 Å². The van der Waals surface area contributed by atoms with Crippen LogP contribution in [0.1, 0.15) is 13.8 Å². The van der Waals surface area contributed by atoms with Crippen molar-refractivity contribution in [2.45, 2.75) is 18.6 Å². The Hall–Kier alpha value is -2.08. The number of hydrogen-bond acceptors (Lipinski definition) is 3. The Bertz CT molecular complexity index is 760. The minimum absolute atomic E-state index is 0.373. The number of aliphatic carboxylic acids is 1. The van der Waals surface area contributed by atoms with E-state index in [9.17, 15) is 13.2 Å². The molecule has 2 aromatic carbocycles. The summed E-state index contributed by atoms with van der Waals surface area (Å²) in [6.45, 7) is 2.31. The highest BCUT2D eigenvalue weighted by atomic mass is 32.2. The number of rotatable bonds is 4. The Morgan fingerprint density at radius 2 is 1.70 bits per heavy atom. The van der Waals surface area contributed by atoms with Gasteiger partial charge in [0.05, 0.1) is 5.69 Å². The molecule has 0 fully saturated rings. The molecule has 0 atom stereocenters. The molecule has 0 saturated carbocycles. The van der Waals surface area contributed by atoms with Crippen LogP contribution in [0.25, 0.3) is 10.8 Å². The predicted molar refractivity (Wildman–Crippen MR) is 78.2 cm³/mol. The zero-order valence-corrected chi connectivity index (χ0v) is 11.9. The highest BCUT2D eigenvalue weighted by molar-refractivity contribution is 7.94. The Kier molecular flexibility index (Phi) is 3.43. The molecule has 6 heteroatoms. The molecule has 0 aromatic heterocycles. The van der Waals surface area contributed by atoms with E-state index in [0.717, 1.165) is 24.6 Å². The van der Waals surface area contributed by atoms with Gasteiger partial charge in [-0.2, -0.15) is 0 Å². The summed E-state index contributed by atoms with van der Waals surface area (Å²) in [5, 5.41) is 10.6. The van der Waals surface area contributed by atoms with Gasteiger partial charge in [-0.3, -0.25) is 9.52 Å². The van der Waals surface area contributed by atoms with Gasteiger partial charge < -0.3 is 5.11 Å². The van der Waals surface area contributed by atoms with Gasteiger partial charge >= 0.3 is 5.97 Å². The van der Waals surface area contributed by atoms with Crippen LogP contribution in [0.4, 0.5) is 5.69 Å². The van der Waals surface area contributed by atoms with E-state index in [-0.39, 0.29) is 0 Å². The van der Waals surface area contributed by atoms with Gasteiger partial charge in [0, 0.05) is 5.39 Å². The zero-order valence-electron chi connectivity index (χ0n) is 11.1. The summed E-state index contributed by atoms with van der Waals surface area (Å²) in [6.07, 6.45) is 0. The number of nitrogens with one attached hydrogen (secondary N) is 1. The minimum Gasteiger partial charge on any atom is -0.480 e. The van der Waals surface area contributed by atoms with Crippen molar-refractivity contribution >= 4 is 32.5 Å². The van der Waals surface area contributed by atoms with E-state index in [1.54, 1.807) is 24.3 Å². The maximum Gasteiger partial charge on any atom is 0.326 e. The largest absolute Gasteiger partial charge is 0.480 e. The van der Waals surface area contributed by atoms with Crippen molar-refractivity contribution < 1.29 is 18.3 Å². The number of fused-ring (bicyclic) bond motifs is 1. The average Bonchev–Trinajstić information content (AvgIpc) is 2.38. The molecule has 106 valence electrons. The van der Waals surface area contributed by atoms with Gasteiger partial charge in [-0.05, 0) is 25.3 Å². The summed E-state index contributed by atoms with van der Waals surface area (Å²) in [6, 6.07) is 12.5. The van der Waals surface area contributed by atoms with Crippen molar-refractivity contribution in [2.24, 2.45) is 0 Å². The molecule has 0 bridgehead atoms. The molecule has 0 aliphatic heterocycles. The van der Waals surface area contributed by atoms with Crippen molar-refractivity contribution in [3.63, 3.8) is 0 Å². The van der Waals surface area contributed by atoms with Crippen LogP contribution in [0.5, 0.6) is 0 Å². The molecule has 2 N–H and O–H groups in total. The molecule has 2 aromatic rings. The lowest BCUT2D eigenvalue weighted by molar-refractivity contribution is -0.139. The van der Waals surface area contributed by atoms with E-state index in [4.69, 9.17) is 5.11 Å². The summed E-state index contributed by atoms with van der Waals surface area (Å²) in [5.41, 5.74) is 0.373. The molecule has 2 rings (SSSR count). The summed E-state index contributed by atoms with van der Waals surface area (Å²) in [7, 11) is -4.05. The zero-order chi connectivity index (χ0) is 15.0. The molecule has 0 radical (unpaired) electrons. The Balaban J connectivity index is 2.50. The van der Waals surface area contributed by atoms with Crippen LogP contribution in [0.2, 0.25) is 0 Å². The SMILES string of the molecule is CC(C)(C(=O)O)S(=O)(=O)Nc1cccc2ccccc12. The normalized spacial score (nSPS) is 12.3. The van der Waals surface area contributed by atoms with E-state index < -0.39 is 20.7 Å². The summed E-state index contributed by atoms with van der Waals surface area (Å²) in [4.78, 5) is 11.1. The maximum atomic E-state index is 12.2. The third-order valence-corrected chi connectivity index (χ3v) is 5.23. The highest BCUT2D eigenvalue weighted by Gasteiger charge is 2.42. The lowest BCUT2D eigenvalue weighted by atomic mass is 10.1. The number of carboxylic acids is 1. The van der Waals surface area contributed by atoms with Crippen molar-refractivity contribution in [2.75, 3.05) is 4.72 Å². The third-order valence-electron chi connectivity index (χ3n) is 3.22. The van der Waals surface area contributed by atoms with Crippen molar-refractivity contribution in [3.8, 4) is 0 Å². The molecule has 0 unspecified atom stereocenters. The fraction of sp³-hybridized carbons (Fsp3) is 0.214. The topological polar surface area (TPSA) is 83.5 Å². The molecular weight excluding hydrogens is 278 g/mol. The van der Waals surface area contributed by atoms with Gasteiger partial charge in [0.1, 0.15) is 0 Å². The first-order chi connectivity index (χ1) is 9.25. The second-order valence-corrected chi connectivity index (χ2v) is 7.18. The van der Waals surface area contributed by atoms with E-state index in [2.05, 4.69) is 4.72 Å². The van der Waals surface area contributed by atoms with Crippen LogP contribution < -0.4 is 4.72 Å². The van der Waals surface area contributed by atoms with E-state index in [1.807, 2.05) is 18.2 Å². The van der Waals surface area contributed by atoms with Gasteiger partial charge in [-0.15, -0.1) is 0 Å². The van der Waals surface area contributed by atoms with Crippen LogP contribution >= 0.6 is 0 Å². The number of anilines is 1. The smallest absolute Gasteiger partial charge is 0.326 e.